The van der Waals surface area contributed by atoms with Gasteiger partial charge in [-0.1, -0.05) is 60.7 Å². The van der Waals surface area contributed by atoms with Crippen LogP contribution in [0.4, 0.5) is 0 Å². The molecular formula is C23H24N5O4P. The van der Waals surface area contributed by atoms with Crippen molar-refractivity contribution in [2.24, 2.45) is 0 Å². The number of ether oxygens (including phenoxy) is 1. The van der Waals surface area contributed by atoms with Crippen molar-refractivity contribution in [1.82, 2.24) is 25.9 Å². The Kier molecular flexibility index (Phi) is 7.14. The molecule has 0 aliphatic carbocycles. The first-order chi connectivity index (χ1) is 16.0. The zero-order valence-electron chi connectivity index (χ0n) is 18.0. The molecule has 9 nitrogen and oxygen atoms in total. The minimum absolute atomic E-state index is 0.294. The highest BCUT2D eigenvalue weighted by Crippen LogP contribution is 2.42. The summed E-state index contributed by atoms with van der Waals surface area (Å²) in [5, 5.41) is 17.1. The van der Waals surface area contributed by atoms with Gasteiger partial charge in [0.15, 0.2) is 5.82 Å². The normalized spacial score (nSPS) is 13.8. The fourth-order valence-electron chi connectivity index (χ4n) is 3.43. The molecular weight excluding hydrogens is 441 g/mol. The van der Waals surface area contributed by atoms with Gasteiger partial charge in [0, 0.05) is 0 Å². The molecule has 4 aromatic rings. The molecule has 0 saturated carbocycles. The number of rotatable bonds is 10. The van der Waals surface area contributed by atoms with E-state index in [-0.39, 0.29) is 6.29 Å². The molecule has 2 atom stereocenters. The van der Waals surface area contributed by atoms with Crippen molar-refractivity contribution < 1.29 is 18.7 Å². The number of hydrogen-bond acceptors (Lipinski definition) is 7. The zero-order valence-corrected chi connectivity index (χ0v) is 18.9. The maximum absolute atomic E-state index is 12.6. The van der Waals surface area contributed by atoms with Gasteiger partial charge in [-0.05, 0) is 51.7 Å². The van der Waals surface area contributed by atoms with E-state index in [0.29, 0.717) is 23.7 Å². The Balaban J connectivity index is 1.52. The fraction of sp³-hybridized carbons (Fsp3) is 0.174. The molecule has 2 unspecified atom stereocenters. The van der Waals surface area contributed by atoms with Gasteiger partial charge in [-0.25, -0.2) is 9.66 Å². The Morgan fingerprint density at radius 3 is 2.42 bits per heavy atom. The lowest BCUT2D eigenvalue weighted by molar-refractivity contribution is 0.367. The topological polar surface area (TPSA) is 122 Å². The summed E-state index contributed by atoms with van der Waals surface area (Å²) in [4.78, 5) is 10.3. The van der Waals surface area contributed by atoms with Crippen molar-refractivity contribution >= 4 is 7.60 Å². The average molecular weight is 465 g/mol. The largest absolute Gasteiger partial charge is 0.496 e. The molecule has 1 heterocycles. The Hall–Kier alpha value is -3.52. The summed E-state index contributed by atoms with van der Waals surface area (Å²) in [6, 6.07) is 24.0. The molecule has 10 heteroatoms. The van der Waals surface area contributed by atoms with Crippen molar-refractivity contribution in [2.75, 3.05) is 13.4 Å². The molecule has 0 fully saturated rings. The highest BCUT2D eigenvalue weighted by Gasteiger charge is 2.26. The molecule has 0 aliphatic heterocycles. The van der Waals surface area contributed by atoms with Crippen molar-refractivity contribution in [3.8, 4) is 22.6 Å². The van der Waals surface area contributed by atoms with E-state index in [0.717, 1.165) is 16.7 Å². The van der Waals surface area contributed by atoms with Crippen LogP contribution in [0.25, 0.3) is 11.1 Å². The molecule has 33 heavy (non-hydrogen) atoms. The number of nitrogens with zero attached hydrogens (tertiary/aromatic N) is 3. The molecule has 1 aromatic heterocycles. The van der Waals surface area contributed by atoms with Gasteiger partial charge in [-0.3, -0.25) is 5.32 Å². The number of nitrogens with one attached hydrogen (secondary N) is 2. The maximum atomic E-state index is 12.6. The van der Waals surface area contributed by atoms with Crippen LogP contribution in [0.5, 0.6) is 11.5 Å². The highest BCUT2D eigenvalue weighted by atomic mass is 31.2. The number of methoxy groups -OCH3 is 1. The number of aromatic amines is 1. The molecule has 3 N–H and O–H groups in total. The van der Waals surface area contributed by atoms with Crippen LogP contribution < -0.4 is 14.6 Å². The summed E-state index contributed by atoms with van der Waals surface area (Å²) in [6.07, 6.45) is 0.123. The lowest BCUT2D eigenvalue weighted by Crippen LogP contribution is -2.26. The van der Waals surface area contributed by atoms with E-state index in [1.807, 2.05) is 48.5 Å². The maximum Gasteiger partial charge on any atom is 0.390 e. The number of aromatic nitrogens is 4. The van der Waals surface area contributed by atoms with Crippen LogP contribution in [0.15, 0.2) is 78.9 Å². The predicted octanol–water partition coefficient (Wildman–Crippen LogP) is 3.97. The van der Waals surface area contributed by atoms with E-state index in [9.17, 15) is 9.46 Å². The first-order valence-electron chi connectivity index (χ1n) is 10.3. The monoisotopic (exact) mass is 465 g/mol. The third-order valence-electron chi connectivity index (χ3n) is 5.04. The van der Waals surface area contributed by atoms with E-state index in [1.165, 1.54) is 0 Å². The molecule has 0 aliphatic rings. The number of hydrogen-bond donors (Lipinski definition) is 3. The number of benzene rings is 3. The fourth-order valence-corrected chi connectivity index (χ4v) is 4.39. The average Bonchev–Trinajstić information content (AvgIpc) is 3.37. The van der Waals surface area contributed by atoms with Crippen molar-refractivity contribution in [3.05, 3.63) is 90.3 Å². The van der Waals surface area contributed by atoms with Crippen LogP contribution in [-0.2, 0) is 11.0 Å². The van der Waals surface area contributed by atoms with Gasteiger partial charge in [-0.15, -0.1) is 5.10 Å². The van der Waals surface area contributed by atoms with Gasteiger partial charge >= 0.3 is 7.60 Å². The Morgan fingerprint density at radius 1 is 1.03 bits per heavy atom. The van der Waals surface area contributed by atoms with Gasteiger partial charge in [-0.2, -0.15) is 0 Å². The molecule has 0 radical (unpaired) electrons. The lowest BCUT2D eigenvalue weighted by Gasteiger charge is -2.20. The van der Waals surface area contributed by atoms with E-state index < -0.39 is 13.6 Å². The van der Waals surface area contributed by atoms with Gasteiger partial charge in [0.1, 0.15) is 17.8 Å². The Morgan fingerprint density at radius 2 is 1.76 bits per heavy atom. The van der Waals surface area contributed by atoms with Gasteiger partial charge in [0.2, 0.25) is 0 Å². The molecule has 0 saturated heterocycles. The second-order valence-electron chi connectivity index (χ2n) is 7.34. The second-order valence-corrected chi connectivity index (χ2v) is 9.11. The SMILES string of the molecule is COc1cc(-c2ccccc2)ccc1CC(NCP(=O)(O)Oc1ccccc1)c1nnn[nH]1. The van der Waals surface area contributed by atoms with Crippen LogP contribution in [0, 0.1) is 0 Å². The quantitative estimate of drug-likeness (QED) is 0.301. The third kappa shape index (κ3) is 6.04. The summed E-state index contributed by atoms with van der Waals surface area (Å²) < 4.78 is 23.5. The van der Waals surface area contributed by atoms with Crippen LogP contribution in [0.2, 0.25) is 0 Å². The minimum Gasteiger partial charge on any atom is -0.496 e. The van der Waals surface area contributed by atoms with E-state index in [2.05, 4.69) is 25.9 Å². The van der Waals surface area contributed by atoms with E-state index in [1.54, 1.807) is 37.4 Å². The Bertz CT molecular complexity index is 1210. The van der Waals surface area contributed by atoms with Crippen LogP contribution >= 0.6 is 7.60 Å². The second kappa shape index (κ2) is 10.4. The first-order valence-corrected chi connectivity index (χ1v) is 12.1. The van der Waals surface area contributed by atoms with Gasteiger partial charge in [0.25, 0.3) is 0 Å². The smallest absolute Gasteiger partial charge is 0.390 e. The van der Waals surface area contributed by atoms with Gasteiger partial charge in [0.05, 0.1) is 13.2 Å². The molecule has 4 rings (SSSR count). The highest BCUT2D eigenvalue weighted by molar-refractivity contribution is 7.53. The standard InChI is InChI=1S/C23H24N5O4P/c1-31-22-15-18(17-8-4-2-5-9-17)12-13-19(22)14-21(23-25-27-28-26-23)24-16-33(29,30)32-20-10-6-3-7-11-20/h2-13,15,21,24H,14,16H2,1H3,(H,29,30)(H,25,26,27,28). The molecule has 0 spiro atoms. The summed E-state index contributed by atoms with van der Waals surface area (Å²) in [5.74, 6) is 1.45. The van der Waals surface area contributed by atoms with E-state index in [4.69, 9.17) is 9.26 Å². The summed E-state index contributed by atoms with van der Waals surface area (Å²) in [5.41, 5.74) is 3.00. The number of H-pyrrole nitrogens is 1. The lowest BCUT2D eigenvalue weighted by atomic mass is 9.99. The predicted molar refractivity (Wildman–Crippen MR) is 124 cm³/mol. The molecule has 170 valence electrons. The third-order valence-corrected chi connectivity index (χ3v) is 6.12. The van der Waals surface area contributed by atoms with Crippen molar-refractivity contribution in [3.63, 3.8) is 0 Å². The molecule has 3 aromatic carbocycles. The first kappa shape index (κ1) is 22.7. The summed E-state index contributed by atoms with van der Waals surface area (Å²) >= 11 is 0. The van der Waals surface area contributed by atoms with Crippen LogP contribution in [-0.4, -0.2) is 38.9 Å². The zero-order chi connectivity index (χ0) is 23.1. The molecule has 0 amide bonds. The van der Waals surface area contributed by atoms with Gasteiger partial charge < -0.3 is 14.2 Å². The number of para-hydroxylation sites is 1. The van der Waals surface area contributed by atoms with E-state index >= 15 is 0 Å². The summed E-state index contributed by atoms with van der Waals surface area (Å²) in [7, 11) is -2.35. The number of tetrazole rings is 1. The summed E-state index contributed by atoms with van der Waals surface area (Å²) in [6.45, 7) is 0. The minimum atomic E-state index is -3.97. The van der Waals surface area contributed by atoms with Crippen molar-refractivity contribution in [1.29, 1.82) is 0 Å². The van der Waals surface area contributed by atoms with Crippen LogP contribution in [0.3, 0.4) is 0 Å². The van der Waals surface area contributed by atoms with Crippen molar-refractivity contribution in [2.45, 2.75) is 12.5 Å². The van der Waals surface area contributed by atoms with Crippen LogP contribution in [0.1, 0.15) is 17.4 Å². The molecule has 0 bridgehead atoms. The Labute approximate surface area is 191 Å².